The molecule has 4 nitrogen and oxygen atoms in total. The van der Waals surface area contributed by atoms with Crippen molar-refractivity contribution >= 4 is 5.91 Å². The molecule has 1 amide bonds. The highest BCUT2D eigenvalue weighted by Crippen LogP contribution is 2.23. The van der Waals surface area contributed by atoms with E-state index in [1.807, 2.05) is 0 Å². The molecule has 0 rings (SSSR count). The van der Waals surface area contributed by atoms with E-state index in [-0.39, 0.29) is 17.2 Å². The van der Waals surface area contributed by atoms with E-state index in [4.69, 9.17) is 10.5 Å². The zero-order valence-corrected chi connectivity index (χ0v) is 11.0. The number of hydrogen-bond acceptors (Lipinski definition) is 3. The largest absolute Gasteiger partial charge is 0.385 e. The Labute approximate surface area is 98.9 Å². The van der Waals surface area contributed by atoms with E-state index >= 15 is 0 Å². The third-order valence-electron chi connectivity index (χ3n) is 2.34. The monoisotopic (exact) mass is 230 g/mol. The van der Waals surface area contributed by atoms with Crippen molar-refractivity contribution in [3.05, 3.63) is 0 Å². The number of methoxy groups -OCH3 is 1. The summed E-state index contributed by atoms with van der Waals surface area (Å²) in [7, 11) is 1.66. The van der Waals surface area contributed by atoms with Gasteiger partial charge in [-0.25, -0.2) is 0 Å². The molecular weight excluding hydrogens is 204 g/mol. The van der Waals surface area contributed by atoms with E-state index in [2.05, 4.69) is 26.1 Å². The molecule has 16 heavy (non-hydrogen) atoms. The Balaban J connectivity index is 3.92. The standard InChI is InChI=1S/C12H26N2O2/c1-12(2,3)8-10(9-13)11(15)14-6-5-7-16-4/h10H,5-9,13H2,1-4H3,(H,14,15). The number of nitrogens with one attached hydrogen (secondary N) is 1. The van der Waals surface area contributed by atoms with Crippen LogP contribution in [0.15, 0.2) is 0 Å². The molecule has 1 unspecified atom stereocenters. The van der Waals surface area contributed by atoms with Crippen LogP contribution in [0.25, 0.3) is 0 Å². The van der Waals surface area contributed by atoms with Crippen molar-refractivity contribution < 1.29 is 9.53 Å². The van der Waals surface area contributed by atoms with Gasteiger partial charge in [0.2, 0.25) is 5.91 Å². The Hall–Kier alpha value is -0.610. The van der Waals surface area contributed by atoms with Crippen LogP contribution in [0.3, 0.4) is 0 Å². The molecule has 4 heteroatoms. The van der Waals surface area contributed by atoms with Gasteiger partial charge in [-0.1, -0.05) is 20.8 Å². The lowest BCUT2D eigenvalue weighted by Crippen LogP contribution is -2.37. The third-order valence-corrected chi connectivity index (χ3v) is 2.34. The van der Waals surface area contributed by atoms with Crippen LogP contribution >= 0.6 is 0 Å². The zero-order chi connectivity index (χ0) is 12.6. The van der Waals surface area contributed by atoms with Crippen LogP contribution in [0.5, 0.6) is 0 Å². The summed E-state index contributed by atoms with van der Waals surface area (Å²) in [6.07, 6.45) is 1.66. The molecule has 0 fully saturated rings. The molecule has 0 aliphatic carbocycles. The van der Waals surface area contributed by atoms with Crippen LogP contribution in [-0.4, -0.2) is 32.7 Å². The smallest absolute Gasteiger partial charge is 0.224 e. The summed E-state index contributed by atoms with van der Waals surface area (Å²) in [4.78, 5) is 11.8. The molecule has 0 radical (unpaired) electrons. The van der Waals surface area contributed by atoms with Crippen LogP contribution in [0, 0.1) is 11.3 Å². The van der Waals surface area contributed by atoms with E-state index in [0.29, 0.717) is 19.7 Å². The first-order chi connectivity index (χ1) is 7.40. The summed E-state index contributed by atoms with van der Waals surface area (Å²) < 4.78 is 4.92. The Morgan fingerprint density at radius 1 is 1.44 bits per heavy atom. The summed E-state index contributed by atoms with van der Waals surface area (Å²) in [6.45, 7) is 8.10. The van der Waals surface area contributed by atoms with Gasteiger partial charge in [-0.15, -0.1) is 0 Å². The van der Waals surface area contributed by atoms with Crippen molar-refractivity contribution in [2.75, 3.05) is 26.8 Å². The van der Waals surface area contributed by atoms with Gasteiger partial charge in [0.25, 0.3) is 0 Å². The fourth-order valence-electron chi connectivity index (χ4n) is 1.59. The number of hydrogen-bond donors (Lipinski definition) is 2. The molecule has 0 aromatic rings. The molecule has 96 valence electrons. The highest BCUT2D eigenvalue weighted by atomic mass is 16.5. The average Bonchev–Trinajstić information content (AvgIpc) is 2.19. The Morgan fingerprint density at radius 3 is 2.50 bits per heavy atom. The number of nitrogens with two attached hydrogens (primary N) is 1. The van der Waals surface area contributed by atoms with Crippen molar-refractivity contribution in [1.29, 1.82) is 0 Å². The summed E-state index contributed by atoms with van der Waals surface area (Å²) in [6, 6.07) is 0. The lowest BCUT2D eigenvalue weighted by atomic mass is 9.84. The Bertz CT molecular complexity index is 200. The van der Waals surface area contributed by atoms with E-state index in [1.165, 1.54) is 0 Å². The van der Waals surface area contributed by atoms with Crippen molar-refractivity contribution in [3.8, 4) is 0 Å². The van der Waals surface area contributed by atoms with Crippen LogP contribution in [0.4, 0.5) is 0 Å². The molecular formula is C12H26N2O2. The minimum atomic E-state index is -0.0810. The number of carbonyl (C=O) groups is 1. The predicted octanol–water partition coefficient (Wildman–Crippen LogP) is 1.15. The van der Waals surface area contributed by atoms with E-state index < -0.39 is 0 Å². The lowest BCUT2D eigenvalue weighted by molar-refractivity contribution is -0.125. The van der Waals surface area contributed by atoms with Crippen molar-refractivity contribution in [2.24, 2.45) is 17.1 Å². The third kappa shape index (κ3) is 7.65. The molecule has 0 aliphatic heterocycles. The van der Waals surface area contributed by atoms with Gasteiger partial charge in [-0.05, 0) is 18.3 Å². The number of carbonyl (C=O) groups excluding carboxylic acids is 1. The predicted molar refractivity (Wildman–Crippen MR) is 66.1 cm³/mol. The van der Waals surface area contributed by atoms with Crippen LogP contribution < -0.4 is 11.1 Å². The second-order valence-electron chi connectivity index (χ2n) is 5.33. The minimum absolute atomic E-state index is 0.0635. The molecule has 0 aliphatic rings. The average molecular weight is 230 g/mol. The number of ether oxygens (including phenoxy) is 1. The van der Waals surface area contributed by atoms with Crippen molar-refractivity contribution in [2.45, 2.75) is 33.6 Å². The topological polar surface area (TPSA) is 64.3 Å². The van der Waals surface area contributed by atoms with Crippen LogP contribution in [-0.2, 0) is 9.53 Å². The van der Waals surface area contributed by atoms with Crippen molar-refractivity contribution in [1.82, 2.24) is 5.32 Å². The first-order valence-corrected chi connectivity index (χ1v) is 5.87. The Morgan fingerprint density at radius 2 is 2.06 bits per heavy atom. The maximum Gasteiger partial charge on any atom is 0.224 e. The van der Waals surface area contributed by atoms with Gasteiger partial charge < -0.3 is 15.8 Å². The van der Waals surface area contributed by atoms with E-state index in [0.717, 1.165) is 12.8 Å². The van der Waals surface area contributed by atoms with Gasteiger partial charge in [-0.3, -0.25) is 4.79 Å². The highest BCUT2D eigenvalue weighted by molar-refractivity contribution is 5.78. The SMILES string of the molecule is COCCCNC(=O)C(CN)CC(C)(C)C. The minimum Gasteiger partial charge on any atom is -0.385 e. The number of rotatable bonds is 7. The van der Waals surface area contributed by atoms with Crippen LogP contribution in [0.2, 0.25) is 0 Å². The highest BCUT2D eigenvalue weighted by Gasteiger charge is 2.23. The van der Waals surface area contributed by atoms with Gasteiger partial charge >= 0.3 is 0 Å². The normalized spacial score (nSPS) is 13.6. The molecule has 3 N–H and O–H groups in total. The van der Waals surface area contributed by atoms with E-state index in [1.54, 1.807) is 7.11 Å². The maximum atomic E-state index is 11.8. The summed E-state index contributed by atoms with van der Waals surface area (Å²) in [5.41, 5.74) is 5.76. The van der Waals surface area contributed by atoms with Crippen LogP contribution in [0.1, 0.15) is 33.6 Å². The molecule has 0 bridgehead atoms. The first-order valence-electron chi connectivity index (χ1n) is 5.87. The van der Waals surface area contributed by atoms with Gasteiger partial charge in [-0.2, -0.15) is 0 Å². The molecule has 0 saturated heterocycles. The number of amides is 1. The first kappa shape index (κ1) is 15.4. The van der Waals surface area contributed by atoms with Gasteiger partial charge in [0, 0.05) is 26.8 Å². The molecule has 0 heterocycles. The zero-order valence-electron chi connectivity index (χ0n) is 11.0. The second kappa shape index (κ2) is 7.63. The summed E-state index contributed by atoms with van der Waals surface area (Å²) >= 11 is 0. The quantitative estimate of drug-likeness (QED) is 0.645. The lowest BCUT2D eigenvalue weighted by Gasteiger charge is -2.24. The molecule has 0 aromatic carbocycles. The van der Waals surface area contributed by atoms with Gasteiger partial charge in [0.15, 0.2) is 0 Å². The van der Waals surface area contributed by atoms with Gasteiger partial charge in [0.05, 0.1) is 5.92 Å². The van der Waals surface area contributed by atoms with E-state index in [9.17, 15) is 4.79 Å². The maximum absolute atomic E-state index is 11.8. The van der Waals surface area contributed by atoms with Crippen molar-refractivity contribution in [3.63, 3.8) is 0 Å². The Kier molecular flexibility index (Phi) is 7.34. The molecule has 1 atom stereocenters. The second-order valence-corrected chi connectivity index (χ2v) is 5.33. The summed E-state index contributed by atoms with van der Waals surface area (Å²) in [5, 5.41) is 2.89. The molecule has 0 spiro atoms. The summed E-state index contributed by atoms with van der Waals surface area (Å²) in [5.74, 6) is -0.0175. The van der Waals surface area contributed by atoms with Gasteiger partial charge in [0.1, 0.15) is 0 Å². The molecule has 0 saturated carbocycles. The fraction of sp³-hybridized carbons (Fsp3) is 0.917. The molecule has 0 aromatic heterocycles. The fourth-order valence-corrected chi connectivity index (χ4v) is 1.59.